The molecule has 78 valence electrons. The van der Waals surface area contributed by atoms with Crippen LogP contribution in [0, 0.1) is 0 Å². The maximum atomic E-state index is 11.0. The molecule has 0 aliphatic carbocycles. The molecule has 0 saturated heterocycles. The summed E-state index contributed by atoms with van der Waals surface area (Å²) >= 11 is 0. The molecule has 0 rings (SSSR count). The van der Waals surface area contributed by atoms with Crippen molar-refractivity contribution >= 4 is 6.09 Å². The molecule has 0 aromatic rings. The van der Waals surface area contributed by atoms with E-state index in [0.717, 1.165) is 12.8 Å². The van der Waals surface area contributed by atoms with E-state index < -0.39 is 0 Å². The maximum absolute atomic E-state index is 11.0. The van der Waals surface area contributed by atoms with Gasteiger partial charge >= 0.3 is 6.09 Å². The van der Waals surface area contributed by atoms with Crippen molar-refractivity contribution in [2.24, 2.45) is 0 Å². The van der Waals surface area contributed by atoms with Crippen LogP contribution in [0.15, 0.2) is 0 Å². The molecular weight excluding hydrogens is 166 g/mol. The zero-order chi connectivity index (χ0) is 10.1. The first kappa shape index (κ1) is 12.3. The Morgan fingerprint density at radius 1 is 1.31 bits per heavy atom. The van der Waals surface area contributed by atoms with Gasteiger partial charge in [0.15, 0.2) is 0 Å². The number of rotatable bonds is 6. The monoisotopic (exact) mass is 187 g/mol. The minimum atomic E-state index is -0.300. The van der Waals surface area contributed by atoms with E-state index >= 15 is 0 Å². The van der Waals surface area contributed by atoms with Crippen LogP contribution in [0.1, 0.15) is 46.5 Å². The fraction of sp³-hybridized carbons (Fsp3) is 0.900. The molecule has 3 nitrogen and oxygen atoms in total. The van der Waals surface area contributed by atoms with E-state index in [2.05, 4.69) is 12.2 Å². The van der Waals surface area contributed by atoms with Gasteiger partial charge in [0.2, 0.25) is 0 Å². The van der Waals surface area contributed by atoms with Crippen LogP contribution in [0.2, 0.25) is 0 Å². The molecule has 0 spiro atoms. The fourth-order valence-electron chi connectivity index (χ4n) is 0.971. The van der Waals surface area contributed by atoms with E-state index in [0.29, 0.717) is 6.61 Å². The number of nitrogens with one attached hydrogen (secondary N) is 1. The molecule has 0 aromatic heterocycles. The molecule has 0 unspecified atom stereocenters. The van der Waals surface area contributed by atoms with Crippen molar-refractivity contribution in [1.29, 1.82) is 0 Å². The van der Waals surface area contributed by atoms with E-state index in [1.54, 1.807) is 0 Å². The lowest BCUT2D eigenvalue weighted by Crippen LogP contribution is -2.30. The molecular formula is C10H21NO2. The van der Waals surface area contributed by atoms with Crippen LogP contribution in [0.25, 0.3) is 0 Å². The minimum absolute atomic E-state index is 0.156. The second-order valence-corrected chi connectivity index (χ2v) is 3.50. The molecule has 13 heavy (non-hydrogen) atoms. The highest BCUT2D eigenvalue weighted by molar-refractivity contribution is 5.67. The molecule has 0 aliphatic rings. The Kier molecular flexibility index (Phi) is 7.45. The number of hydrogen-bond donors (Lipinski definition) is 1. The smallest absolute Gasteiger partial charge is 0.407 e. The van der Waals surface area contributed by atoms with Gasteiger partial charge in [-0.3, -0.25) is 0 Å². The molecule has 0 aliphatic heterocycles. The van der Waals surface area contributed by atoms with E-state index in [9.17, 15) is 4.79 Å². The van der Waals surface area contributed by atoms with Gasteiger partial charge < -0.3 is 10.1 Å². The van der Waals surface area contributed by atoms with Crippen LogP contribution >= 0.6 is 0 Å². The van der Waals surface area contributed by atoms with Gasteiger partial charge in [-0.25, -0.2) is 4.79 Å². The highest BCUT2D eigenvalue weighted by Crippen LogP contribution is 1.98. The van der Waals surface area contributed by atoms with Crippen LogP contribution in [-0.4, -0.2) is 18.7 Å². The van der Waals surface area contributed by atoms with E-state index in [1.165, 1.54) is 12.8 Å². The number of carbonyl (C=O) groups is 1. The largest absolute Gasteiger partial charge is 0.450 e. The first-order chi connectivity index (χ1) is 6.16. The van der Waals surface area contributed by atoms with Gasteiger partial charge in [0, 0.05) is 6.04 Å². The normalized spacial score (nSPS) is 10.2. The van der Waals surface area contributed by atoms with Crippen LogP contribution in [0.5, 0.6) is 0 Å². The van der Waals surface area contributed by atoms with Crippen molar-refractivity contribution in [3.05, 3.63) is 0 Å². The average Bonchev–Trinajstić information content (AvgIpc) is 2.02. The van der Waals surface area contributed by atoms with Gasteiger partial charge in [-0.15, -0.1) is 0 Å². The highest BCUT2D eigenvalue weighted by Gasteiger charge is 2.02. The van der Waals surface area contributed by atoms with Crippen LogP contribution in [0.4, 0.5) is 4.79 Å². The molecule has 0 atom stereocenters. The lowest BCUT2D eigenvalue weighted by molar-refractivity contribution is 0.141. The first-order valence-corrected chi connectivity index (χ1v) is 5.10. The SMILES string of the molecule is CCCCCCOC(=O)NC(C)C. The summed E-state index contributed by atoms with van der Waals surface area (Å²) in [4.78, 5) is 11.0. The van der Waals surface area contributed by atoms with Gasteiger partial charge in [-0.1, -0.05) is 26.2 Å². The van der Waals surface area contributed by atoms with Crippen LogP contribution < -0.4 is 5.32 Å². The summed E-state index contributed by atoms with van der Waals surface area (Å²) in [6.07, 6.45) is 4.24. The summed E-state index contributed by atoms with van der Waals surface area (Å²) in [5, 5.41) is 2.67. The predicted octanol–water partition coefficient (Wildman–Crippen LogP) is 2.70. The third-order valence-corrected chi connectivity index (χ3v) is 1.64. The molecule has 0 saturated carbocycles. The van der Waals surface area contributed by atoms with Crippen molar-refractivity contribution in [3.8, 4) is 0 Å². The fourth-order valence-corrected chi connectivity index (χ4v) is 0.971. The van der Waals surface area contributed by atoms with Crippen molar-refractivity contribution in [2.75, 3.05) is 6.61 Å². The van der Waals surface area contributed by atoms with E-state index in [-0.39, 0.29) is 12.1 Å². The second kappa shape index (κ2) is 7.90. The summed E-state index contributed by atoms with van der Waals surface area (Å²) in [5.74, 6) is 0. The van der Waals surface area contributed by atoms with Crippen molar-refractivity contribution < 1.29 is 9.53 Å². The lowest BCUT2D eigenvalue weighted by Gasteiger charge is -2.08. The number of unbranched alkanes of at least 4 members (excludes halogenated alkanes) is 3. The molecule has 1 amide bonds. The van der Waals surface area contributed by atoms with Gasteiger partial charge in [-0.2, -0.15) is 0 Å². The van der Waals surface area contributed by atoms with Crippen molar-refractivity contribution in [3.63, 3.8) is 0 Å². The zero-order valence-corrected chi connectivity index (χ0v) is 8.93. The van der Waals surface area contributed by atoms with E-state index in [1.807, 2.05) is 13.8 Å². The zero-order valence-electron chi connectivity index (χ0n) is 8.93. The third kappa shape index (κ3) is 9.18. The van der Waals surface area contributed by atoms with Crippen molar-refractivity contribution in [1.82, 2.24) is 5.32 Å². The quantitative estimate of drug-likeness (QED) is 0.649. The highest BCUT2D eigenvalue weighted by atomic mass is 16.5. The Morgan fingerprint density at radius 2 is 2.00 bits per heavy atom. The maximum Gasteiger partial charge on any atom is 0.407 e. The van der Waals surface area contributed by atoms with Gasteiger partial charge in [-0.05, 0) is 20.3 Å². The van der Waals surface area contributed by atoms with Crippen LogP contribution in [-0.2, 0) is 4.74 Å². The topological polar surface area (TPSA) is 38.3 Å². The Hall–Kier alpha value is -0.730. The Balaban J connectivity index is 3.17. The Labute approximate surface area is 80.8 Å². The minimum Gasteiger partial charge on any atom is -0.450 e. The van der Waals surface area contributed by atoms with E-state index in [4.69, 9.17) is 4.74 Å². The summed E-state index contributed by atoms with van der Waals surface area (Å²) < 4.78 is 4.95. The van der Waals surface area contributed by atoms with Gasteiger partial charge in [0.25, 0.3) is 0 Å². The van der Waals surface area contributed by atoms with Crippen molar-refractivity contribution in [2.45, 2.75) is 52.5 Å². The lowest BCUT2D eigenvalue weighted by atomic mass is 10.2. The number of alkyl carbamates (subject to hydrolysis) is 1. The predicted molar refractivity (Wildman–Crippen MR) is 53.8 cm³/mol. The third-order valence-electron chi connectivity index (χ3n) is 1.64. The molecule has 1 N–H and O–H groups in total. The molecule has 0 radical (unpaired) electrons. The summed E-state index contributed by atoms with van der Waals surface area (Å²) in [7, 11) is 0. The van der Waals surface area contributed by atoms with Gasteiger partial charge in [0.05, 0.1) is 6.61 Å². The van der Waals surface area contributed by atoms with Gasteiger partial charge in [0.1, 0.15) is 0 Å². The summed E-state index contributed by atoms with van der Waals surface area (Å²) in [6, 6.07) is 0.156. The summed E-state index contributed by atoms with van der Waals surface area (Å²) in [5.41, 5.74) is 0. The average molecular weight is 187 g/mol. The molecule has 3 heteroatoms. The molecule has 0 heterocycles. The van der Waals surface area contributed by atoms with Crippen LogP contribution in [0.3, 0.4) is 0 Å². The molecule has 0 aromatic carbocycles. The number of carbonyl (C=O) groups excluding carboxylic acids is 1. The Bertz CT molecular complexity index is 135. The number of ether oxygens (including phenoxy) is 1. The molecule has 0 bridgehead atoms. The standard InChI is InChI=1S/C10H21NO2/c1-4-5-6-7-8-13-10(12)11-9(2)3/h9H,4-8H2,1-3H3,(H,11,12). The summed E-state index contributed by atoms with van der Waals surface area (Å²) in [6.45, 7) is 6.53. The number of amides is 1. The first-order valence-electron chi connectivity index (χ1n) is 5.10. The second-order valence-electron chi connectivity index (χ2n) is 3.50. The molecule has 0 fully saturated rings. The Morgan fingerprint density at radius 3 is 2.54 bits per heavy atom. The number of hydrogen-bond acceptors (Lipinski definition) is 2.